The van der Waals surface area contributed by atoms with Gasteiger partial charge in [-0.2, -0.15) is 0 Å². The first-order valence-electron chi connectivity index (χ1n) is 9.75. The van der Waals surface area contributed by atoms with E-state index in [1.54, 1.807) is 25.1 Å². The average Bonchev–Trinajstić information content (AvgIpc) is 2.79. The summed E-state index contributed by atoms with van der Waals surface area (Å²) in [6, 6.07) is 13.4. The van der Waals surface area contributed by atoms with E-state index in [0.717, 1.165) is 12.1 Å². The summed E-state index contributed by atoms with van der Waals surface area (Å²) < 4.78 is 51.5. The van der Waals surface area contributed by atoms with Gasteiger partial charge in [0.25, 0.3) is 15.9 Å². The van der Waals surface area contributed by atoms with Crippen LogP contribution in [0.2, 0.25) is 5.02 Å². The minimum Gasteiger partial charge on any atom is -0.497 e. The standard InChI is InChI=1S/C23H22ClFN2O5S/c1-14(19-10-8-17(31-2)12-22(19)32-3)26-23(28)20-13-18(9-11-21(20)24)33(29,30)27-16-6-4-15(25)5-7-16/h4-14,27H,1-3H3,(H,26,28). The van der Waals surface area contributed by atoms with Crippen LogP contribution in [0.5, 0.6) is 11.5 Å². The highest BCUT2D eigenvalue weighted by Crippen LogP contribution is 2.30. The molecule has 3 aromatic rings. The number of benzene rings is 3. The number of halogens is 2. The molecule has 0 spiro atoms. The zero-order valence-electron chi connectivity index (χ0n) is 18.1. The maximum atomic E-state index is 13.1. The SMILES string of the molecule is COc1ccc(C(C)NC(=O)c2cc(S(=O)(=O)Nc3ccc(F)cc3)ccc2Cl)c(OC)c1. The van der Waals surface area contributed by atoms with E-state index in [0.29, 0.717) is 17.1 Å². The molecule has 0 aromatic heterocycles. The number of ether oxygens (including phenoxy) is 2. The van der Waals surface area contributed by atoms with Gasteiger partial charge in [-0.05, 0) is 61.5 Å². The summed E-state index contributed by atoms with van der Waals surface area (Å²) in [6.45, 7) is 1.76. The van der Waals surface area contributed by atoms with Crippen molar-refractivity contribution in [1.82, 2.24) is 5.32 Å². The van der Waals surface area contributed by atoms with Crippen LogP contribution in [-0.4, -0.2) is 28.5 Å². The predicted molar refractivity (Wildman–Crippen MR) is 124 cm³/mol. The summed E-state index contributed by atoms with van der Waals surface area (Å²) in [4.78, 5) is 12.8. The second-order valence-corrected chi connectivity index (χ2v) is 9.15. The lowest BCUT2D eigenvalue weighted by molar-refractivity contribution is 0.0939. The number of anilines is 1. The number of sulfonamides is 1. The molecule has 3 aromatic carbocycles. The van der Waals surface area contributed by atoms with E-state index in [2.05, 4.69) is 10.0 Å². The normalized spacial score (nSPS) is 12.0. The summed E-state index contributed by atoms with van der Waals surface area (Å²) in [5.74, 6) is 0.0621. The lowest BCUT2D eigenvalue weighted by Gasteiger charge is -2.19. The molecule has 1 atom stereocenters. The molecule has 33 heavy (non-hydrogen) atoms. The fourth-order valence-electron chi connectivity index (χ4n) is 3.11. The maximum absolute atomic E-state index is 13.1. The molecular weight excluding hydrogens is 471 g/mol. The van der Waals surface area contributed by atoms with Crippen LogP contribution in [0, 0.1) is 5.82 Å². The minimum absolute atomic E-state index is 0.0158. The summed E-state index contributed by atoms with van der Waals surface area (Å²) in [6.07, 6.45) is 0. The average molecular weight is 493 g/mol. The fraction of sp³-hybridized carbons (Fsp3) is 0.174. The highest BCUT2D eigenvalue weighted by atomic mass is 35.5. The number of hydrogen-bond acceptors (Lipinski definition) is 5. The second kappa shape index (κ2) is 10.1. The molecule has 0 heterocycles. The van der Waals surface area contributed by atoms with Gasteiger partial charge in [-0.25, -0.2) is 12.8 Å². The molecule has 0 radical (unpaired) electrons. The third-order valence-corrected chi connectivity index (χ3v) is 6.55. The topological polar surface area (TPSA) is 93.7 Å². The Balaban J connectivity index is 1.84. The van der Waals surface area contributed by atoms with Gasteiger partial charge in [0, 0.05) is 17.3 Å². The summed E-state index contributed by atoms with van der Waals surface area (Å²) >= 11 is 6.19. The van der Waals surface area contributed by atoms with Crippen LogP contribution in [0.25, 0.3) is 0 Å². The van der Waals surface area contributed by atoms with Crippen LogP contribution >= 0.6 is 11.6 Å². The van der Waals surface area contributed by atoms with Crippen molar-refractivity contribution in [3.8, 4) is 11.5 Å². The van der Waals surface area contributed by atoms with Gasteiger partial charge in [-0.15, -0.1) is 0 Å². The number of amides is 1. The van der Waals surface area contributed by atoms with Crippen LogP contribution in [0.3, 0.4) is 0 Å². The molecule has 0 aliphatic heterocycles. The van der Waals surface area contributed by atoms with E-state index in [1.165, 1.54) is 44.6 Å². The van der Waals surface area contributed by atoms with Crippen LogP contribution < -0.4 is 19.5 Å². The van der Waals surface area contributed by atoms with E-state index >= 15 is 0 Å². The zero-order chi connectivity index (χ0) is 24.2. The van der Waals surface area contributed by atoms with Crippen molar-refractivity contribution in [2.24, 2.45) is 0 Å². The number of rotatable bonds is 8. The molecule has 10 heteroatoms. The number of carbonyl (C=O) groups excluding carboxylic acids is 1. The van der Waals surface area contributed by atoms with Crippen molar-refractivity contribution in [3.63, 3.8) is 0 Å². The van der Waals surface area contributed by atoms with Crippen molar-refractivity contribution in [1.29, 1.82) is 0 Å². The number of carbonyl (C=O) groups is 1. The summed E-state index contributed by atoms with van der Waals surface area (Å²) in [5.41, 5.74) is 0.861. The Hall–Kier alpha value is -3.30. The molecule has 7 nitrogen and oxygen atoms in total. The Morgan fingerprint density at radius 2 is 1.70 bits per heavy atom. The van der Waals surface area contributed by atoms with E-state index < -0.39 is 27.8 Å². The van der Waals surface area contributed by atoms with Crippen molar-refractivity contribution in [2.75, 3.05) is 18.9 Å². The van der Waals surface area contributed by atoms with Crippen LogP contribution in [0.15, 0.2) is 65.6 Å². The Morgan fingerprint density at radius 1 is 1.00 bits per heavy atom. The highest BCUT2D eigenvalue weighted by Gasteiger charge is 2.21. The monoisotopic (exact) mass is 492 g/mol. The molecule has 0 aliphatic carbocycles. The Labute approximate surface area is 196 Å². The van der Waals surface area contributed by atoms with E-state index in [4.69, 9.17) is 21.1 Å². The number of nitrogens with one attached hydrogen (secondary N) is 2. The van der Waals surface area contributed by atoms with Gasteiger partial charge >= 0.3 is 0 Å². The van der Waals surface area contributed by atoms with Crippen molar-refractivity contribution in [2.45, 2.75) is 17.9 Å². The first-order chi connectivity index (χ1) is 15.6. The molecule has 0 aliphatic rings. The third-order valence-electron chi connectivity index (χ3n) is 4.84. The summed E-state index contributed by atoms with van der Waals surface area (Å²) in [5, 5.41) is 2.88. The predicted octanol–water partition coefficient (Wildman–Crippen LogP) is 4.79. The van der Waals surface area contributed by atoms with Gasteiger partial charge < -0.3 is 14.8 Å². The summed E-state index contributed by atoms with van der Waals surface area (Å²) in [7, 11) is -1.00. The third kappa shape index (κ3) is 5.74. The van der Waals surface area contributed by atoms with E-state index in [-0.39, 0.29) is 21.2 Å². The van der Waals surface area contributed by atoms with Crippen LogP contribution in [0.4, 0.5) is 10.1 Å². The minimum atomic E-state index is -4.04. The van der Waals surface area contributed by atoms with Gasteiger partial charge in [-0.3, -0.25) is 9.52 Å². The van der Waals surface area contributed by atoms with E-state index in [1.807, 2.05) is 0 Å². The number of methoxy groups -OCH3 is 2. The molecule has 174 valence electrons. The fourth-order valence-corrected chi connectivity index (χ4v) is 4.39. The van der Waals surface area contributed by atoms with Gasteiger partial charge in [-0.1, -0.05) is 11.6 Å². The Kier molecular flexibility index (Phi) is 7.45. The van der Waals surface area contributed by atoms with Crippen molar-refractivity contribution < 1.29 is 27.1 Å². The molecule has 1 unspecified atom stereocenters. The number of hydrogen-bond donors (Lipinski definition) is 2. The lowest BCUT2D eigenvalue weighted by atomic mass is 10.1. The quantitative estimate of drug-likeness (QED) is 0.471. The molecule has 0 saturated carbocycles. The molecule has 0 saturated heterocycles. The van der Waals surface area contributed by atoms with Crippen molar-refractivity contribution in [3.05, 3.63) is 82.6 Å². The molecular formula is C23H22ClFN2O5S. The Morgan fingerprint density at radius 3 is 2.33 bits per heavy atom. The first-order valence-corrected chi connectivity index (χ1v) is 11.6. The maximum Gasteiger partial charge on any atom is 0.261 e. The van der Waals surface area contributed by atoms with Gasteiger partial charge in [0.05, 0.1) is 35.7 Å². The lowest BCUT2D eigenvalue weighted by Crippen LogP contribution is -2.27. The molecule has 1 amide bonds. The van der Waals surface area contributed by atoms with Gasteiger partial charge in [0.1, 0.15) is 17.3 Å². The van der Waals surface area contributed by atoms with Crippen LogP contribution in [0.1, 0.15) is 28.9 Å². The molecule has 3 rings (SSSR count). The molecule has 0 bridgehead atoms. The molecule has 0 fully saturated rings. The smallest absolute Gasteiger partial charge is 0.261 e. The largest absolute Gasteiger partial charge is 0.497 e. The second-order valence-electron chi connectivity index (χ2n) is 7.06. The van der Waals surface area contributed by atoms with Gasteiger partial charge in [0.15, 0.2) is 0 Å². The first kappa shape index (κ1) is 24.3. The Bertz CT molecular complexity index is 1270. The van der Waals surface area contributed by atoms with Crippen LogP contribution in [-0.2, 0) is 10.0 Å². The highest BCUT2D eigenvalue weighted by molar-refractivity contribution is 7.92. The van der Waals surface area contributed by atoms with Gasteiger partial charge in [0.2, 0.25) is 0 Å². The zero-order valence-corrected chi connectivity index (χ0v) is 19.6. The molecule has 2 N–H and O–H groups in total. The van der Waals surface area contributed by atoms with E-state index in [9.17, 15) is 17.6 Å². The van der Waals surface area contributed by atoms with Crippen molar-refractivity contribution >= 4 is 33.2 Å².